The number of benzene rings is 8. The van der Waals surface area contributed by atoms with E-state index in [1.807, 2.05) is 23.7 Å². The lowest BCUT2D eigenvalue weighted by Gasteiger charge is -2.23. The molecule has 0 aliphatic heterocycles. The Labute approximate surface area is 325 Å². The van der Waals surface area contributed by atoms with Crippen molar-refractivity contribution in [2.45, 2.75) is 26.2 Å². The number of hydrogen-bond donors (Lipinski definition) is 0. The quantitative estimate of drug-likeness (QED) is 0.165. The summed E-state index contributed by atoms with van der Waals surface area (Å²) in [6.45, 7) is 7.13. The minimum atomic E-state index is -0.149. The van der Waals surface area contributed by atoms with E-state index in [1.165, 1.54) is 114 Å². The van der Waals surface area contributed by atoms with E-state index in [0.717, 1.165) is 0 Å². The van der Waals surface area contributed by atoms with Gasteiger partial charge in [0, 0.05) is 43.5 Å². The van der Waals surface area contributed by atoms with Crippen LogP contribution in [0, 0.1) is 6.92 Å². The summed E-state index contributed by atoms with van der Waals surface area (Å²) in [4.78, 5) is 4.24. The van der Waals surface area contributed by atoms with Crippen LogP contribution in [0.2, 0.25) is 0 Å². The fraction of sp³-hybridized carbons (Fsp3) is 0.0755. The molecule has 0 saturated heterocycles. The molecule has 8 aromatic carbocycles. The molecule has 1 aliphatic rings. The van der Waals surface area contributed by atoms with Crippen LogP contribution in [0.25, 0.3) is 97.4 Å². The number of fused-ring (bicyclic) bond motifs is 9. The first-order chi connectivity index (χ1) is 27.0. The van der Waals surface area contributed by atoms with Crippen molar-refractivity contribution in [1.82, 2.24) is 4.98 Å². The van der Waals surface area contributed by atoms with Gasteiger partial charge in [-0.25, -0.2) is 0 Å². The zero-order valence-corrected chi connectivity index (χ0v) is 31.8. The number of aryl methyl sites for hydroxylation is 1. The molecule has 1 nitrogen and oxygen atoms in total. The van der Waals surface area contributed by atoms with E-state index in [-0.39, 0.29) is 5.41 Å². The lowest BCUT2D eigenvalue weighted by atomic mass is 9.80. The van der Waals surface area contributed by atoms with Crippen molar-refractivity contribution in [1.29, 1.82) is 0 Å². The number of rotatable bonds is 4. The van der Waals surface area contributed by atoms with Gasteiger partial charge in [-0.2, -0.15) is 0 Å². The summed E-state index contributed by atoms with van der Waals surface area (Å²) in [6, 6.07) is 58.7. The molecule has 11 rings (SSSR count). The van der Waals surface area contributed by atoms with Gasteiger partial charge in [-0.3, -0.25) is 4.98 Å². The molecule has 0 spiro atoms. The molecule has 0 amide bonds. The minimum Gasteiger partial charge on any atom is -0.265 e. The van der Waals surface area contributed by atoms with E-state index in [4.69, 9.17) is 0 Å². The van der Waals surface area contributed by atoms with Crippen molar-refractivity contribution in [3.8, 4) is 55.6 Å². The molecule has 260 valence electrons. The number of thiophene rings is 1. The van der Waals surface area contributed by atoms with E-state index >= 15 is 0 Å². The summed E-state index contributed by atoms with van der Waals surface area (Å²) < 4.78 is 2.73. The first-order valence-corrected chi connectivity index (χ1v) is 19.9. The van der Waals surface area contributed by atoms with Crippen LogP contribution in [-0.4, -0.2) is 4.98 Å². The van der Waals surface area contributed by atoms with E-state index in [2.05, 4.69) is 183 Å². The molecule has 0 saturated carbocycles. The maximum Gasteiger partial charge on any atom is 0.0439 e. The van der Waals surface area contributed by atoms with Gasteiger partial charge in [0.1, 0.15) is 0 Å². The number of nitrogens with zero attached hydrogens (tertiary/aromatic N) is 1. The molecule has 2 aromatic heterocycles. The van der Waals surface area contributed by atoms with Crippen molar-refractivity contribution in [2.75, 3.05) is 0 Å². The van der Waals surface area contributed by atoms with Crippen LogP contribution >= 0.6 is 11.3 Å². The van der Waals surface area contributed by atoms with Crippen LogP contribution in [0.15, 0.2) is 170 Å². The van der Waals surface area contributed by atoms with Crippen molar-refractivity contribution < 1.29 is 0 Å². The maximum atomic E-state index is 4.24. The van der Waals surface area contributed by atoms with Gasteiger partial charge >= 0.3 is 0 Å². The molecule has 2 heteroatoms. The molecule has 0 bridgehead atoms. The lowest BCUT2D eigenvalue weighted by molar-refractivity contribution is 0.660. The van der Waals surface area contributed by atoms with Crippen molar-refractivity contribution in [3.05, 3.63) is 187 Å². The first kappa shape index (κ1) is 32.1. The van der Waals surface area contributed by atoms with Crippen molar-refractivity contribution >= 4 is 53.1 Å². The highest BCUT2D eigenvalue weighted by atomic mass is 32.1. The SMILES string of the molecule is Cc1cc2c(c3sc4cc(-c5ccncc5)ccc4c13)-c1ccc(-c3c4ccccc4c(-c4ccc(-c5ccccc5)cc4)c4ccccc34)cc1C2(C)C. The second kappa shape index (κ2) is 12.1. The zero-order chi connectivity index (χ0) is 36.8. The number of pyridine rings is 1. The van der Waals surface area contributed by atoms with Crippen LogP contribution in [-0.2, 0) is 5.41 Å². The molecule has 0 radical (unpaired) electrons. The van der Waals surface area contributed by atoms with Crippen LogP contribution in [0.5, 0.6) is 0 Å². The Kier molecular flexibility index (Phi) is 7.05. The third-order valence-electron chi connectivity index (χ3n) is 12.1. The topological polar surface area (TPSA) is 12.9 Å². The fourth-order valence-electron chi connectivity index (χ4n) is 9.42. The van der Waals surface area contributed by atoms with Gasteiger partial charge in [-0.15, -0.1) is 11.3 Å². The average Bonchev–Trinajstić information content (AvgIpc) is 3.72. The Morgan fingerprint density at radius 2 is 0.982 bits per heavy atom. The minimum absolute atomic E-state index is 0.149. The second-order valence-electron chi connectivity index (χ2n) is 15.5. The highest BCUT2D eigenvalue weighted by Gasteiger charge is 2.38. The third kappa shape index (κ3) is 4.81. The monoisotopic (exact) mass is 719 g/mol. The molecule has 1 aliphatic carbocycles. The van der Waals surface area contributed by atoms with Gasteiger partial charge in [0.05, 0.1) is 0 Å². The summed E-state index contributed by atoms with van der Waals surface area (Å²) in [5.74, 6) is 0. The smallest absolute Gasteiger partial charge is 0.0439 e. The number of hydrogen-bond acceptors (Lipinski definition) is 2. The van der Waals surface area contributed by atoms with Gasteiger partial charge in [0.2, 0.25) is 0 Å². The average molecular weight is 720 g/mol. The van der Waals surface area contributed by atoms with Crippen LogP contribution in [0.3, 0.4) is 0 Å². The molecular formula is C53H37NS. The molecule has 0 fully saturated rings. The standard InChI is InChI=1S/C53H37NS/c1-32-29-46-51(52-48(32)44-24-21-37(31-47(44)55-52)35-25-27-54-28-26-35)43-23-22-38(30-45(43)53(46,2)3)50-41-15-9-7-13-39(41)49(40-14-8-10-16-42(40)50)36-19-17-34(18-20-36)33-11-5-4-6-12-33/h4-31H,1-3H3. The Hall–Kier alpha value is -6.35. The second-order valence-corrected chi connectivity index (χ2v) is 16.6. The van der Waals surface area contributed by atoms with E-state index in [1.54, 1.807) is 0 Å². The van der Waals surface area contributed by atoms with Crippen molar-refractivity contribution in [3.63, 3.8) is 0 Å². The zero-order valence-electron chi connectivity index (χ0n) is 31.0. The van der Waals surface area contributed by atoms with E-state index in [0.29, 0.717) is 0 Å². The first-order valence-electron chi connectivity index (χ1n) is 19.1. The molecule has 0 atom stereocenters. The largest absolute Gasteiger partial charge is 0.265 e. The molecule has 55 heavy (non-hydrogen) atoms. The Morgan fingerprint density at radius 1 is 0.436 bits per heavy atom. The van der Waals surface area contributed by atoms with Crippen LogP contribution < -0.4 is 0 Å². The van der Waals surface area contributed by atoms with Crippen LogP contribution in [0.1, 0.15) is 30.5 Å². The third-order valence-corrected chi connectivity index (χ3v) is 13.3. The predicted octanol–water partition coefficient (Wildman–Crippen LogP) is 15.0. The molecular weight excluding hydrogens is 683 g/mol. The lowest BCUT2D eigenvalue weighted by Crippen LogP contribution is -2.15. The summed E-state index contributed by atoms with van der Waals surface area (Å²) in [5.41, 5.74) is 16.8. The van der Waals surface area contributed by atoms with Gasteiger partial charge < -0.3 is 0 Å². The molecule has 0 unspecified atom stereocenters. The van der Waals surface area contributed by atoms with Gasteiger partial charge in [0.25, 0.3) is 0 Å². The van der Waals surface area contributed by atoms with Crippen molar-refractivity contribution in [2.24, 2.45) is 0 Å². The Balaban J connectivity index is 1.10. The molecule has 0 N–H and O–H groups in total. The molecule has 2 heterocycles. The highest BCUT2D eigenvalue weighted by Crippen LogP contribution is 2.56. The van der Waals surface area contributed by atoms with E-state index in [9.17, 15) is 0 Å². The number of aromatic nitrogens is 1. The normalized spacial score (nSPS) is 13.1. The predicted molar refractivity (Wildman–Crippen MR) is 236 cm³/mol. The summed E-state index contributed by atoms with van der Waals surface area (Å²) in [7, 11) is 0. The molecule has 10 aromatic rings. The fourth-order valence-corrected chi connectivity index (χ4v) is 10.8. The Bertz CT molecular complexity index is 3090. The maximum absolute atomic E-state index is 4.24. The van der Waals surface area contributed by atoms with Gasteiger partial charge in [-0.1, -0.05) is 147 Å². The summed E-state index contributed by atoms with van der Waals surface area (Å²) in [6.07, 6.45) is 3.75. The summed E-state index contributed by atoms with van der Waals surface area (Å²) >= 11 is 1.94. The van der Waals surface area contributed by atoms with Crippen LogP contribution in [0.4, 0.5) is 0 Å². The highest BCUT2D eigenvalue weighted by molar-refractivity contribution is 7.26. The van der Waals surface area contributed by atoms with Gasteiger partial charge in [0.15, 0.2) is 0 Å². The van der Waals surface area contributed by atoms with Gasteiger partial charge in [-0.05, 0) is 119 Å². The Morgan fingerprint density at radius 3 is 1.65 bits per heavy atom. The summed E-state index contributed by atoms with van der Waals surface area (Å²) in [5, 5.41) is 7.85. The van der Waals surface area contributed by atoms with E-state index < -0.39 is 0 Å².